The van der Waals surface area contributed by atoms with Gasteiger partial charge in [-0.05, 0) is 31.6 Å². The van der Waals surface area contributed by atoms with Crippen LogP contribution in [0.3, 0.4) is 0 Å². The van der Waals surface area contributed by atoms with Gasteiger partial charge in [0.15, 0.2) is 5.82 Å². The summed E-state index contributed by atoms with van der Waals surface area (Å²) in [6.45, 7) is 1.97. The highest BCUT2D eigenvalue weighted by Gasteiger charge is 2.32. The number of carbonyl (C=O) groups is 1. The van der Waals surface area contributed by atoms with Gasteiger partial charge in [-0.3, -0.25) is 4.79 Å². The molecule has 2 amide bonds. The number of piperidine rings is 1. The third kappa shape index (κ3) is 4.50. The largest absolute Gasteiger partial charge is 0.383 e. The second-order valence-electron chi connectivity index (χ2n) is 6.95. The molecule has 2 aliphatic rings. The average Bonchev–Trinajstić information content (AvgIpc) is 3.43. The predicted molar refractivity (Wildman–Crippen MR) is 94.8 cm³/mol. The van der Waals surface area contributed by atoms with Gasteiger partial charge in [-0.25, -0.2) is 9.78 Å². The van der Waals surface area contributed by atoms with Crippen LogP contribution in [-0.2, 0) is 11.8 Å². The van der Waals surface area contributed by atoms with Gasteiger partial charge >= 0.3 is 6.03 Å². The Morgan fingerprint density at radius 3 is 2.72 bits per heavy atom. The summed E-state index contributed by atoms with van der Waals surface area (Å²) in [5, 5.41) is 6.08. The van der Waals surface area contributed by atoms with Crippen molar-refractivity contribution in [2.24, 2.45) is 13.0 Å². The number of amides is 2. The normalized spacial score (nSPS) is 19.5. The molecule has 1 aliphatic carbocycles. The molecule has 0 aromatic carbocycles. The molecule has 138 valence electrons. The van der Waals surface area contributed by atoms with Crippen LogP contribution in [0, 0.1) is 5.92 Å². The highest BCUT2D eigenvalue weighted by Crippen LogP contribution is 2.32. The fraction of sp³-hybridized carbons (Fsp3) is 0.706. The predicted octanol–water partition coefficient (Wildman–Crippen LogP) is 0.473. The number of ether oxygens (including phenoxy) is 1. The van der Waals surface area contributed by atoms with Crippen molar-refractivity contribution in [3.05, 3.63) is 22.7 Å². The molecule has 0 radical (unpaired) electrons. The SMILES string of the molecule is COCC(NC(=O)NC1CCN(c2nccn(C)c2=O)CC1)C1CC1. The van der Waals surface area contributed by atoms with E-state index in [1.165, 1.54) is 4.57 Å². The number of aromatic nitrogens is 2. The van der Waals surface area contributed by atoms with Gasteiger partial charge in [0.05, 0.1) is 12.6 Å². The van der Waals surface area contributed by atoms with Crippen molar-refractivity contribution in [1.29, 1.82) is 0 Å². The Morgan fingerprint density at radius 2 is 2.08 bits per heavy atom. The minimum Gasteiger partial charge on any atom is -0.383 e. The number of anilines is 1. The van der Waals surface area contributed by atoms with Crippen molar-refractivity contribution in [2.75, 3.05) is 31.7 Å². The standard InChI is InChI=1S/C17H27N5O3/c1-21-10-7-18-15(16(21)23)22-8-5-13(6-9-22)19-17(24)20-14(11-25-2)12-3-4-12/h7,10,12-14H,3-6,8-9,11H2,1-2H3,(H2,19,20,24). The number of nitrogens with one attached hydrogen (secondary N) is 2. The second-order valence-corrected chi connectivity index (χ2v) is 6.95. The summed E-state index contributed by atoms with van der Waals surface area (Å²) in [4.78, 5) is 30.6. The van der Waals surface area contributed by atoms with Crippen LogP contribution in [0.4, 0.5) is 10.6 Å². The molecule has 3 rings (SSSR count). The van der Waals surface area contributed by atoms with Crippen molar-refractivity contribution in [2.45, 2.75) is 37.8 Å². The van der Waals surface area contributed by atoms with Gasteiger partial charge in [-0.2, -0.15) is 0 Å². The Morgan fingerprint density at radius 1 is 1.36 bits per heavy atom. The van der Waals surface area contributed by atoms with Crippen molar-refractivity contribution in [3.8, 4) is 0 Å². The summed E-state index contributed by atoms with van der Waals surface area (Å²) in [5.41, 5.74) is -0.0847. The molecule has 1 saturated heterocycles. The van der Waals surface area contributed by atoms with Gasteiger partial charge in [0.2, 0.25) is 0 Å². The van der Waals surface area contributed by atoms with Crippen LogP contribution < -0.4 is 21.1 Å². The van der Waals surface area contributed by atoms with E-state index < -0.39 is 0 Å². The fourth-order valence-electron chi connectivity index (χ4n) is 3.31. The molecule has 2 fully saturated rings. The number of urea groups is 1. The molecule has 1 aliphatic heterocycles. The first-order chi connectivity index (χ1) is 12.1. The minimum absolute atomic E-state index is 0.0847. The van der Waals surface area contributed by atoms with E-state index in [2.05, 4.69) is 15.6 Å². The van der Waals surface area contributed by atoms with Crippen molar-refractivity contribution < 1.29 is 9.53 Å². The summed E-state index contributed by atoms with van der Waals surface area (Å²) in [6, 6.07) is 0.0917. The average molecular weight is 349 g/mol. The summed E-state index contributed by atoms with van der Waals surface area (Å²) >= 11 is 0. The molecule has 1 aromatic heterocycles. The summed E-state index contributed by atoms with van der Waals surface area (Å²) in [5.74, 6) is 1.04. The number of hydrogen-bond donors (Lipinski definition) is 2. The molecule has 2 heterocycles. The molecule has 8 heteroatoms. The summed E-state index contributed by atoms with van der Waals surface area (Å²) in [6.07, 6.45) is 7.21. The Labute approximate surface area is 147 Å². The van der Waals surface area contributed by atoms with E-state index in [9.17, 15) is 9.59 Å². The smallest absolute Gasteiger partial charge is 0.315 e. The molecular formula is C17H27N5O3. The van der Waals surface area contributed by atoms with Crippen LogP contribution >= 0.6 is 0 Å². The van der Waals surface area contributed by atoms with Crippen LogP contribution in [0.25, 0.3) is 0 Å². The number of nitrogens with zero attached hydrogens (tertiary/aromatic N) is 3. The first-order valence-corrected chi connectivity index (χ1v) is 8.91. The lowest BCUT2D eigenvalue weighted by molar-refractivity contribution is 0.156. The quantitative estimate of drug-likeness (QED) is 0.780. The van der Waals surface area contributed by atoms with Crippen molar-refractivity contribution in [1.82, 2.24) is 20.2 Å². The highest BCUT2D eigenvalue weighted by molar-refractivity contribution is 5.74. The van der Waals surface area contributed by atoms with Crippen LogP contribution in [0.1, 0.15) is 25.7 Å². The van der Waals surface area contributed by atoms with Gasteiger partial charge in [0.1, 0.15) is 0 Å². The Bertz CT molecular complexity index is 650. The second kappa shape index (κ2) is 7.86. The molecule has 2 N–H and O–H groups in total. The number of aryl methyl sites for hydroxylation is 1. The fourth-order valence-corrected chi connectivity index (χ4v) is 3.31. The number of hydrogen-bond acceptors (Lipinski definition) is 5. The lowest BCUT2D eigenvalue weighted by atomic mass is 10.1. The maximum absolute atomic E-state index is 12.2. The van der Waals surface area contributed by atoms with Gasteiger partial charge in [-0.15, -0.1) is 0 Å². The molecule has 8 nitrogen and oxygen atoms in total. The number of carbonyl (C=O) groups excluding carboxylic acids is 1. The monoisotopic (exact) mass is 349 g/mol. The van der Waals surface area contributed by atoms with E-state index in [4.69, 9.17) is 4.74 Å². The van der Waals surface area contributed by atoms with Gasteiger partial charge in [0.25, 0.3) is 5.56 Å². The van der Waals surface area contributed by atoms with E-state index in [1.807, 2.05) is 4.90 Å². The number of rotatable bonds is 6. The van der Waals surface area contributed by atoms with E-state index in [0.29, 0.717) is 31.4 Å². The molecule has 1 atom stereocenters. The van der Waals surface area contributed by atoms with E-state index in [-0.39, 0.29) is 23.7 Å². The van der Waals surface area contributed by atoms with E-state index in [1.54, 1.807) is 26.6 Å². The third-order valence-corrected chi connectivity index (χ3v) is 4.98. The summed E-state index contributed by atoms with van der Waals surface area (Å²) < 4.78 is 6.73. The van der Waals surface area contributed by atoms with Crippen LogP contribution in [0.5, 0.6) is 0 Å². The van der Waals surface area contributed by atoms with Crippen LogP contribution in [0.2, 0.25) is 0 Å². The molecule has 1 aromatic rings. The minimum atomic E-state index is -0.124. The van der Waals surface area contributed by atoms with Crippen molar-refractivity contribution >= 4 is 11.8 Å². The Kier molecular flexibility index (Phi) is 5.57. The number of methoxy groups -OCH3 is 1. The molecule has 0 bridgehead atoms. The zero-order valence-electron chi connectivity index (χ0n) is 14.9. The molecule has 25 heavy (non-hydrogen) atoms. The van der Waals surface area contributed by atoms with E-state index >= 15 is 0 Å². The topological polar surface area (TPSA) is 88.5 Å². The van der Waals surface area contributed by atoms with Gasteiger partial charge in [0, 0.05) is 45.7 Å². The molecular weight excluding hydrogens is 322 g/mol. The van der Waals surface area contributed by atoms with Gasteiger partial charge < -0.3 is 24.8 Å². The van der Waals surface area contributed by atoms with Crippen LogP contribution in [0.15, 0.2) is 17.2 Å². The molecule has 1 unspecified atom stereocenters. The Balaban J connectivity index is 1.48. The Hall–Kier alpha value is -2.09. The zero-order chi connectivity index (χ0) is 17.8. The van der Waals surface area contributed by atoms with Gasteiger partial charge in [-0.1, -0.05) is 0 Å². The maximum atomic E-state index is 12.2. The highest BCUT2D eigenvalue weighted by atomic mass is 16.5. The maximum Gasteiger partial charge on any atom is 0.315 e. The molecule has 0 spiro atoms. The first kappa shape index (κ1) is 17.7. The van der Waals surface area contributed by atoms with Crippen molar-refractivity contribution in [3.63, 3.8) is 0 Å². The lowest BCUT2D eigenvalue weighted by Crippen LogP contribution is -2.52. The first-order valence-electron chi connectivity index (χ1n) is 8.91. The molecule has 1 saturated carbocycles. The van der Waals surface area contributed by atoms with E-state index in [0.717, 1.165) is 25.7 Å². The van der Waals surface area contributed by atoms with Crippen LogP contribution in [-0.4, -0.2) is 54.5 Å². The summed E-state index contributed by atoms with van der Waals surface area (Å²) in [7, 11) is 3.38. The lowest BCUT2D eigenvalue weighted by Gasteiger charge is -2.33. The third-order valence-electron chi connectivity index (χ3n) is 4.98. The zero-order valence-corrected chi connectivity index (χ0v) is 14.9.